The van der Waals surface area contributed by atoms with Gasteiger partial charge in [0.2, 0.25) is 5.91 Å². The molecule has 1 heterocycles. The molecule has 0 radical (unpaired) electrons. The fourth-order valence-corrected chi connectivity index (χ4v) is 3.39. The smallest absolute Gasteiger partial charge is 0.429 e. The molecule has 0 aromatic heterocycles. The van der Waals surface area contributed by atoms with Gasteiger partial charge in [-0.1, -0.05) is 30.2 Å². The van der Waals surface area contributed by atoms with Crippen LogP contribution < -0.4 is 0 Å². The van der Waals surface area contributed by atoms with Crippen LogP contribution in [0, 0.1) is 18.3 Å². The molecule has 1 saturated heterocycles. The Morgan fingerprint density at radius 2 is 1.83 bits per heavy atom. The number of terminal acetylenes is 1. The zero-order valence-corrected chi connectivity index (χ0v) is 13.0. The molecule has 1 aromatic rings. The van der Waals surface area contributed by atoms with Crippen LogP contribution >= 0.6 is 0 Å². The summed E-state index contributed by atoms with van der Waals surface area (Å²) in [6.45, 7) is 0.985. The summed E-state index contributed by atoms with van der Waals surface area (Å²) in [5.74, 6) is 2.56. The number of hydrogen-bond acceptors (Lipinski definition) is 3. The van der Waals surface area contributed by atoms with Crippen LogP contribution in [-0.4, -0.2) is 41.7 Å². The van der Waals surface area contributed by atoms with Gasteiger partial charge in [-0.15, -0.1) is 6.42 Å². The lowest BCUT2D eigenvalue weighted by atomic mass is 10.0. The van der Waals surface area contributed by atoms with E-state index in [9.17, 15) is 9.59 Å². The van der Waals surface area contributed by atoms with Crippen LogP contribution in [0.15, 0.2) is 24.3 Å². The SMILES string of the molecule is C#CCOC(=O)N1CCCN1C(=O)CC1Cc2ccccc2C1. The number of hydrazine groups is 1. The van der Waals surface area contributed by atoms with E-state index in [0.29, 0.717) is 25.4 Å². The maximum absolute atomic E-state index is 12.6. The van der Waals surface area contributed by atoms with Crippen LogP contribution in [-0.2, 0) is 22.4 Å². The number of rotatable bonds is 3. The van der Waals surface area contributed by atoms with Crippen molar-refractivity contribution in [1.82, 2.24) is 10.0 Å². The quantitative estimate of drug-likeness (QED) is 0.802. The molecule has 0 N–H and O–H groups in total. The highest BCUT2D eigenvalue weighted by atomic mass is 16.6. The van der Waals surface area contributed by atoms with E-state index in [-0.39, 0.29) is 12.5 Å². The Morgan fingerprint density at radius 1 is 1.17 bits per heavy atom. The molecule has 0 saturated carbocycles. The summed E-state index contributed by atoms with van der Waals surface area (Å²) in [5.41, 5.74) is 2.66. The lowest BCUT2D eigenvalue weighted by Gasteiger charge is -2.27. The zero-order valence-electron chi connectivity index (χ0n) is 13.0. The van der Waals surface area contributed by atoms with E-state index in [0.717, 1.165) is 19.3 Å². The molecule has 0 spiro atoms. The highest BCUT2D eigenvalue weighted by Gasteiger charge is 2.33. The number of ether oxygens (including phenoxy) is 1. The lowest BCUT2D eigenvalue weighted by Crippen LogP contribution is -2.45. The average molecular weight is 312 g/mol. The van der Waals surface area contributed by atoms with E-state index in [4.69, 9.17) is 11.2 Å². The molecule has 2 amide bonds. The van der Waals surface area contributed by atoms with Crippen LogP contribution in [0.5, 0.6) is 0 Å². The fourth-order valence-electron chi connectivity index (χ4n) is 3.39. The van der Waals surface area contributed by atoms with Gasteiger partial charge in [-0.3, -0.25) is 4.79 Å². The van der Waals surface area contributed by atoms with E-state index in [1.807, 2.05) is 12.1 Å². The van der Waals surface area contributed by atoms with Gasteiger partial charge in [-0.05, 0) is 36.3 Å². The molecule has 0 bridgehead atoms. The Balaban J connectivity index is 1.58. The second-order valence-corrected chi connectivity index (χ2v) is 6.00. The highest BCUT2D eigenvalue weighted by Crippen LogP contribution is 2.29. The molecule has 2 aliphatic rings. The Bertz CT molecular complexity index is 625. The molecular formula is C18H20N2O3. The minimum absolute atomic E-state index is 0.0158. The van der Waals surface area contributed by atoms with Crippen molar-refractivity contribution < 1.29 is 14.3 Å². The van der Waals surface area contributed by atoms with Crippen LogP contribution in [0.3, 0.4) is 0 Å². The van der Waals surface area contributed by atoms with Gasteiger partial charge >= 0.3 is 6.09 Å². The largest absolute Gasteiger partial charge is 0.435 e. The molecule has 3 rings (SSSR count). The first kappa shape index (κ1) is 15.4. The highest BCUT2D eigenvalue weighted by molar-refractivity contribution is 5.80. The zero-order chi connectivity index (χ0) is 16.2. The van der Waals surface area contributed by atoms with Gasteiger partial charge in [0.1, 0.15) is 0 Å². The predicted octanol–water partition coefficient (Wildman–Crippen LogP) is 2.01. The number of amides is 2. The number of nitrogens with zero attached hydrogens (tertiary/aromatic N) is 2. The third-order valence-electron chi connectivity index (χ3n) is 4.41. The van der Waals surface area contributed by atoms with Gasteiger partial charge in [0.15, 0.2) is 6.61 Å². The second-order valence-electron chi connectivity index (χ2n) is 6.00. The number of carbonyl (C=O) groups is 2. The first-order valence-electron chi connectivity index (χ1n) is 7.94. The summed E-state index contributed by atoms with van der Waals surface area (Å²) in [5, 5.41) is 2.89. The Kier molecular flexibility index (Phi) is 4.52. The normalized spacial score (nSPS) is 17.0. The van der Waals surface area contributed by atoms with Gasteiger partial charge in [-0.2, -0.15) is 0 Å². The van der Waals surface area contributed by atoms with Crippen molar-refractivity contribution in [3.63, 3.8) is 0 Å². The molecule has 1 aliphatic heterocycles. The molecule has 23 heavy (non-hydrogen) atoms. The molecule has 1 aliphatic carbocycles. The van der Waals surface area contributed by atoms with Crippen LogP contribution in [0.1, 0.15) is 24.0 Å². The molecule has 120 valence electrons. The number of hydrogen-bond donors (Lipinski definition) is 0. The molecule has 5 nitrogen and oxygen atoms in total. The minimum Gasteiger partial charge on any atom is -0.435 e. The van der Waals surface area contributed by atoms with Gasteiger partial charge in [0.05, 0.1) is 0 Å². The maximum Gasteiger partial charge on any atom is 0.429 e. The van der Waals surface area contributed by atoms with Gasteiger partial charge in [0.25, 0.3) is 0 Å². The van der Waals surface area contributed by atoms with Gasteiger partial charge in [-0.25, -0.2) is 14.8 Å². The van der Waals surface area contributed by atoms with Gasteiger partial charge in [0, 0.05) is 19.5 Å². The first-order valence-corrected chi connectivity index (χ1v) is 7.94. The minimum atomic E-state index is -0.538. The monoisotopic (exact) mass is 312 g/mol. The van der Waals surface area contributed by atoms with Gasteiger partial charge < -0.3 is 4.74 Å². The van der Waals surface area contributed by atoms with E-state index in [1.54, 1.807) is 0 Å². The van der Waals surface area contributed by atoms with Crippen molar-refractivity contribution in [1.29, 1.82) is 0 Å². The third kappa shape index (κ3) is 3.31. The van der Waals surface area contributed by atoms with Crippen molar-refractivity contribution in [2.24, 2.45) is 5.92 Å². The Hall–Kier alpha value is -2.48. The van der Waals surface area contributed by atoms with Crippen molar-refractivity contribution in [3.8, 4) is 12.3 Å². The number of carbonyl (C=O) groups excluding carboxylic acids is 2. The summed E-state index contributed by atoms with van der Waals surface area (Å²) < 4.78 is 4.93. The summed E-state index contributed by atoms with van der Waals surface area (Å²) in [4.78, 5) is 24.5. The molecule has 5 heteroatoms. The first-order chi connectivity index (χ1) is 11.2. The molecule has 0 atom stereocenters. The average Bonchev–Trinajstić information content (AvgIpc) is 3.18. The predicted molar refractivity (Wildman–Crippen MR) is 85.2 cm³/mol. The van der Waals surface area contributed by atoms with Crippen molar-refractivity contribution in [2.75, 3.05) is 19.7 Å². The molecule has 0 unspecified atom stereocenters. The lowest BCUT2D eigenvalue weighted by molar-refractivity contribution is -0.142. The number of fused-ring (bicyclic) bond motifs is 1. The standard InChI is InChI=1S/C18H20N2O3/c1-2-10-23-18(22)20-9-5-8-19(20)17(21)13-14-11-15-6-3-4-7-16(15)12-14/h1,3-4,6-7,14H,5,8-13H2. The summed E-state index contributed by atoms with van der Waals surface area (Å²) >= 11 is 0. The van der Waals surface area contributed by atoms with E-state index < -0.39 is 6.09 Å². The van der Waals surface area contributed by atoms with Crippen molar-refractivity contribution in [3.05, 3.63) is 35.4 Å². The number of benzene rings is 1. The van der Waals surface area contributed by atoms with Crippen molar-refractivity contribution in [2.45, 2.75) is 25.7 Å². The van der Waals surface area contributed by atoms with Crippen molar-refractivity contribution >= 4 is 12.0 Å². The van der Waals surface area contributed by atoms with E-state index >= 15 is 0 Å². The van der Waals surface area contributed by atoms with E-state index in [2.05, 4.69) is 18.1 Å². The van der Waals surface area contributed by atoms with Crippen LogP contribution in [0.2, 0.25) is 0 Å². The molecule has 1 aromatic carbocycles. The fraction of sp³-hybridized carbons (Fsp3) is 0.444. The summed E-state index contributed by atoms with van der Waals surface area (Å²) in [6.07, 6.45) is 7.63. The van der Waals surface area contributed by atoms with Crippen LogP contribution in [0.4, 0.5) is 4.79 Å². The summed E-state index contributed by atoms with van der Waals surface area (Å²) in [7, 11) is 0. The maximum atomic E-state index is 12.6. The molecule has 1 fully saturated rings. The van der Waals surface area contributed by atoms with E-state index in [1.165, 1.54) is 21.1 Å². The van der Waals surface area contributed by atoms with Crippen LogP contribution in [0.25, 0.3) is 0 Å². The summed E-state index contributed by atoms with van der Waals surface area (Å²) in [6, 6.07) is 8.32. The topological polar surface area (TPSA) is 49.9 Å². The Labute approximate surface area is 136 Å². The third-order valence-corrected chi connectivity index (χ3v) is 4.41. The second kappa shape index (κ2) is 6.74. The molecular weight excluding hydrogens is 292 g/mol. The Morgan fingerprint density at radius 3 is 2.48 bits per heavy atom.